The molecule has 0 aliphatic carbocycles. The van der Waals surface area contributed by atoms with Crippen molar-refractivity contribution < 1.29 is 33.6 Å². The maximum atomic E-state index is 11.8. The summed E-state index contributed by atoms with van der Waals surface area (Å²) < 4.78 is 0. The molecule has 0 aromatic rings. The van der Waals surface area contributed by atoms with Crippen molar-refractivity contribution in [2.45, 2.75) is 51.4 Å². The molecule has 0 bridgehead atoms. The van der Waals surface area contributed by atoms with Gasteiger partial charge in [0.25, 0.3) is 11.8 Å². The van der Waals surface area contributed by atoms with E-state index in [1.807, 2.05) is 0 Å². The SMILES string of the molecule is [B]C(=O)CCCCCSCNC(=O)CNC(=O)CNC(=O)CNC(=O)CCCCCN1C(=O)C=CC1=O. The summed E-state index contributed by atoms with van der Waals surface area (Å²) in [7, 11) is 5.06. The second-order valence-electron chi connectivity index (χ2n) is 8.23. The van der Waals surface area contributed by atoms with Gasteiger partial charge in [-0.25, -0.2) is 0 Å². The number of nitrogens with one attached hydrogen (secondary N) is 4. The molecule has 0 fully saturated rings. The Morgan fingerprint density at radius 2 is 1.19 bits per heavy atom. The van der Waals surface area contributed by atoms with Crippen LogP contribution in [0.4, 0.5) is 0 Å². The van der Waals surface area contributed by atoms with E-state index in [1.165, 1.54) is 23.9 Å². The molecular weight excluding hydrogens is 501 g/mol. The highest BCUT2D eigenvalue weighted by Gasteiger charge is 2.22. The lowest BCUT2D eigenvalue weighted by molar-refractivity contribution is -0.137. The summed E-state index contributed by atoms with van der Waals surface area (Å²) in [5.74, 6) is -1.20. The number of carbonyl (C=O) groups excluding carboxylic acids is 7. The third-order valence-corrected chi connectivity index (χ3v) is 6.03. The van der Waals surface area contributed by atoms with E-state index in [2.05, 4.69) is 21.3 Å². The Bertz CT molecular complexity index is 850. The van der Waals surface area contributed by atoms with Crippen LogP contribution in [0.1, 0.15) is 51.4 Å². The van der Waals surface area contributed by atoms with Crippen LogP contribution in [0.5, 0.6) is 0 Å². The molecule has 1 heterocycles. The lowest BCUT2D eigenvalue weighted by Crippen LogP contribution is -2.44. The van der Waals surface area contributed by atoms with Gasteiger partial charge in [0.2, 0.25) is 23.6 Å². The summed E-state index contributed by atoms with van der Waals surface area (Å²) in [6.45, 7) is -0.529. The number of thioether (sulfide) groups is 1. The molecule has 0 atom stereocenters. The van der Waals surface area contributed by atoms with Crippen LogP contribution in [0.15, 0.2) is 12.2 Å². The number of imide groups is 1. The van der Waals surface area contributed by atoms with E-state index in [0.29, 0.717) is 38.1 Å². The van der Waals surface area contributed by atoms with E-state index in [0.717, 1.165) is 29.9 Å². The van der Waals surface area contributed by atoms with E-state index >= 15 is 0 Å². The Morgan fingerprint density at radius 1 is 0.676 bits per heavy atom. The Balaban J connectivity index is 1.97. The average molecular weight is 535 g/mol. The maximum absolute atomic E-state index is 11.8. The zero-order valence-electron chi connectivity index (χ0n) is 20.8. The number of nitrogens with zero attached hydrogens (tertiary/aromatic N) is 1. The minimum Gasteiger partial charge on any atom is -0.347 e. The van der Waals surface area contributed by atoms with Gasteiger partial charge in [0.15, 0.2) is 7.85 Å². The molecule has 0 saturated heterocycles. The van der Waals surface area contributed by atoms with E-state index in [-0.39, 0.29) is 55.4 Å². The van der Waals surface area contributed by atoms with E-state index in [1.54, 1.807) is 0 Å². The van der Waals surface area contributed by atoms with Crippen molar-refractivity contribution in [2.75, 3.05) is 37.8 Å². The van der Waals surface area contributed by atoms with Crippen LogP contribution in [0, 0.1) is 0 Å². The first-order valence-corrected chi connectivity index (χ1v) is 13.3. The quantitative estimate of drug-likeness (QED) is 0.0658. The highest BCUT2D eigenvalue weighted by molar-refractivity contribution is 7.99. The van der Waals surface area contributed by atoms with Gasteiger partial charge < -0.3 is 26.1 Å². The predicted molar refractivity (Wildman–Crippen MR) is 138 cm³/mol. The molecule has 1 aliphatic heterocycles. The van der Waals surface area contributed by atoms with Crippen LogP contribution >= 0.6 is 11.8 Å². The smallest absolute Gasteiger partial charge is 0.253 e. The van der Waals surface area contributed by atoms with E-state index in [9.17, 15) is 33.6 Å². The van der Waals surface area contributed by atoms with Crippen molar-refractivity contribution in [2.24, 2.45) is 0 Å². The third kappa shape index (κ3) is 16.3. The zero-order chi connectivity index (χ0) is 27.5. The predicted octanol–water partition coefficient (Wildman–Crippen LogP) is -1.12. The summed E-state index contributed by atoms with van der Waals surface area (Å²) in [6, 6.07) is 0. The fourth-order valence-electron chi connectivity index (χ4n) is 3.08. The minimum atomic E-state index is -0.543. The fourth-order valence-corrected chi connectivity index (χ4v) is 3.90. The first-order valence-electron chi connectivity index (χ1n) is 12.2. The zero-order valence-corrected chi connectivity index (χ0v) is 21.7. The molecule has 1 aliphatic rings. The second-order valence-corrected chi connectivity index (χ2v) is 9.34. The number of amides is 6. The monoisotopic (exact) mass is 535 g/mol. The van der Waals surface area contributed by atoms with Crippen LogP contribution in [0.3, 0.4) is 0 Å². The largest absolute Gasteiger partial charge is 0.347 e. The van der Waals surface area contributed by atoms with Gasteiger partial charge >= 0.3 is 0 Å². The molecule has 37 heavy (non-hydrogen) atoms. The Kier molecular flexibility index (Phi) is 16.4. The van der Waals surface area contributed by atoms with Crippen molar-refractivity contribution in [3.05, 3.63) is 12.2 Å². The van der Waals surface area contributed by atoms with Crippen molar-refractivity contribution in [3.63, 3.8) is 0 Å². The molecule has 1 rings (SSSR count). The normalized spacial score (nSPS) is 12.4. The van der Waals surface area contributed by atoms with E-state index in [4.69, 9.17) is 7.85 Å². The van der Waals surface area contributed by atoms with Gasteiger partial charge in [0.05, 0.1) is 31.2 Å². The van der Waals surface area contributed by atoms with Gasteiger partial charge in [-0.05, 0) is 37.9 Å². The summed E-state index contributed by atoms with van der Waals surface area (Å²) in [5.41, 5.74) is -0.306. The molecule has 4 N–H and O–H groups in total. The van der Waals surface area contributed by atoms with Crippen molar-refractivity contribution >= 4 is 60.7 Å². The molecular formula is C23H34BN5O7S. The Hall–Kier alpha value is -3.16. The molecule has 12 nitrogen and oxygen atoms in total. The number of hydrogen-bond donors (Lipinski definition) is 4. The topological polar surface area (TPSA) is 171 Å². The summed E-state index contributed by atoms with van der Waals surface area (Å²) in [5, 5.41) is 9.85. The lowest BCUT2D eigenvalue weighted by Gasteiger charge is -2.13. The maximum Gasteiger partial charge on any atom is 0.253 e. The summed E-state index contributed by atoms with van der Waals surface area (Å²) in [6.07, 6.45) is 7.34. The Labute approximate surface area is 221 Å². The second kappa shape index (κ2) is 19.0. The minimum absolute atomic E-state index is 0.191. The first kappa shape index (κ1) is 31.9. The first-order chi connectivity index (χ1) is 17.7. The van der Waals surface area contributed by atoms with Gasteiger partial charge in [0.1, 0.15) is 0 Å². The van der Waals surface area contributed by atoms with Crippen molar-refractivity contribution in [3.8, 4) is 0 Å². The van der Waals surface area contributed by atoms with Crippen LogP contribution in [0.25, 0.3) is 0 Å². The molecule has 14 heteroatoms. The number of hydrogen-bond acceptors (Lipinski definition) is 8. The third-order valence-electron chi connectivity index (χ3n) is 5.11. The lowest BCUT2D eigenvalue weighted by atomic mass is 9.97. The Morgan fingerprint density at radius 3 is 1.78 bits per heavy atom. The molecule has 0 aromatic carbocycles. The summed E-state index contributed by atoms with van der Waals surface area (Å²) >= 11 is 1.53. The van der Waals surface area contributed by atoms with Gasteiger partial charge in [-0.2, -0.15) is 0 Å². The molecule has 0 spiro atoms. The highest BCUT2D eigenvalue weighted by Crippen LogP contribution is 2.08. The van der Waals surface area contributed by atoms with Crippen molar-refractivity contribution in [1.29, 1.82) is 0 Å². The number of carbonyl (C=O) groups is 7. The molecule has 0 saturated carbocycles. The molecule has 6 amide bonds. The van der Waals surface area contributed by atoms with Crippen molar-refractivity contribution in [1.82, 2.24) is 26.2 Å². The van der Waals surface area contributed by atoms with Gasteiger partial charge in [0, 0.05) is 25.1 Å². The molecule has 202 valence electrons. The number of rotatable bonds is 20. The van der Waals surface area contributed by atoms with Gasteiger partial charge in [-0.1, -0.05) is 12.8 Å². The van der Waals surface area contributed by atoms with Gasteiger partial charge in [-0.3, -0.25) is 33.7 Å². The molecule has 0 aromatic heterocycles. The van der Waals surface area contributed by atoms with Crippen LogP contribution < -0.4 is 21.3 Å². The number of unbranched alkanes of at least 4 members (excludes halogenated alkanes) is 4. The average Bonchev–Trinajstić information content (AvgIpc) is 3.18. The molecule has 0 unspecified atom stereocenters. The van der Waals surface area contributed by atoms with Crippen LogP contribution in [-0.4, -0.2) is 91.7 Å². The summed E-state index contributed by atoms with van der Waals surface area (Å²) in [4.78, 5) is 81.7. The fraction of sp³-hybridized carbons (Fsp3) is 0.609. The van der Waals surface area contributed by atoms with Crippen LogP contribution in [-0.2, 0) is 33.6 Å². The van der Waals surface area contributed by atoms with Gasteiger partial charge in [-0.15, -0.1) is 11.8 Å². The van der Waals surface area contributed by atoms with Crippen LogP contribution in [0.2, 0.25) is 0 Å². The highest BCUT2D eigenvalue weighted by atomic mass is 32.2. The standard InChI is InChI=1S/C23H34BN5O7S/c24-17(30)7-3-2-6-12-37-16-28-21(34)15-27-20(33)14-26-19(32)13-25-18(31)8-4-1-5-11-29-22(35)9-10-23(29)36/h9-10H,1-8,11-16H2,(H,25,31)(H,26,32)(H,27,33)(H,28,34). The molecule has 2 radical (unpaired) electrons. The van der Waals surface area contributed by atoms with E-state index < -0.39 is 11.8 Å².